The molecule has 0 aliphatic heterocycles. The van der Waals surface area contributed by atoms with E-state index in [0.717, 1.165) is 5.71 Å². The van der Waals surface area contributed by atoms with E-state index >= 15 is 0 Å². The number of rotatable bonds is 3. The summed E-state index contributed by atoms with van der Waals surface area (Å²) in [6.07, 6.45) is -0.168. The molecule has 0 radical (unpaired) electrons. The summed E-state index contributed by atoms with van der Waals surface area (Å²) in [4.78, 5) is 4.04. The summed E-state index contributed by atoms with van der Waals surface area (Å²) < 4.78 is 12.1. The Balaban J connectivity index is 3.20. The van der Waals surface area contributed by atoms with E-state index < -0.39 is 6.17 Å². The molecule has 0 bridgehead atoms. The van der Waals surface area contributed by atoms with Gasteiger partial charge in [-0.2, -0.15) is 0 Å². The smallest absolute Gasteiger partial charge is 0.0991 e. The Labute approximate surface area is 56.0 Å². The van der Waals surface area contributed by atoms with Crippen LogP contribution in [0.5, 0.6) is 0 Å². The predicted molar refractivity (Wildman–Crippen MR) is 38.8 cm³/mol. The Morgan fingerprint density at radius 1 is 1.56 bits per heavy atom. The molecule has 0 spiro atoms. The molecule has 0 rings (SSSR count). The van der Waals surface area contributed by atoms with Crippen molar-refractivity contribution >= 4 is 5.71 Å². The van der Waals surface area contributed by atoms with Crippen LogP contribution in [-0.4, -0.2) is 18.4 Å². The Kier molecular flexibility index (Phi) is 4.28. The summed E-state index contributed by atoms with van der Waals surface area (Å²) in [5.74, 6) is 0. The minimum atomic E-state index is -0.715. The maximum atomic E-state index is 12.1. The Morgan fingerprint density at radius 3 is 2.44 bits per heavy atom. The molecule has 0 aromatic rings. The second-order valence-electron chi connectivity index (χ2n) is 2.40. The quantitative estimate of drug-likeness (QED) is 0.521. The lowest BCUT2D eigenvalue weighted by molar-refractivity contribution is 0.346. The second-order valence-corrected chi connectivity index (χ2v) is 2.40. The number of hydrogen-bond acceptors (Lipinski definition) is 1. The molecule has 1 atom stereocenters. The number of aliphatic imine (C=N–C) groups is 1. The van der Waals surface area contributed by atoms with Gasteiger partial charge in [0.1, 0.15) is 0 Å². The predicted octanol–water partition coefficient (Wildman–Crippen LogP) is 2.22. The highest BCUT2D eigenvalue weighted by atomic mass is 19.1. The molecule has 0 saturated heterocycles. The molecule has 0 aliphatic rings. The highest BCUT2D eigenvalue weighted by Crippen LogP contribution is 1.95. The van der Waals surface area contributed by atoms with Crippen LogP contribution < -0.4 is 0 Å². The average Bonchev–Trinajstić information content (AvgIpc) is 1.63. The van der Waals surface area contributed by atoms with Crippen molar-refractivity contribution in [3.8, 4) is 0 Å². The van der Waals surface area contributed by atoms with Crippen molar-refractivity contribution in [1.29, 1.82) is 0 Å². The second kappa shape index (κ2) is 4.48. The minimum Gasteiger partial charge on any atom is -0.295 e. The van der Waals surface area contributed by atoms with Crippen LogP contribution in [0.4, 0.5) is 4.39 Å². The van der Waals surface area contributed by atoms with Gasteiger partial charge in [-0.3, -0.25) is 4.99 Å². The van der Waals surface area contributed by atoms with Gasteiger partial charge >= 0.3 is 0 Å². The third kappa shape index (κ3) is 7.60. The zero-order chi connectivity index (χ0) is 7.28. The molecule has 0 saturated carbocycles. The van der Waals surface area contributed by atoms with Crippen molar-refractivity contribution in [1.82, 2.24) is 0 Å². The number of halogens is 1. The Bertz CT molecular complexity index is 93.1. The van der Waals surface area contributed by atoms with Crippen LogP contribution in [0.3, 0.4) is 0 Å². The van der Waals surface area contributed by atoms with Gasteiger partial charge in [-0.25, -0.2) is 4.39 Å². The van der Waals surface area contributed by atoms with Gasteiger partial charge in [0.05, 0.1) is 6.17 Å². The third-order valence-electron chi connectivity index (χ3n) is 0.955. The van der Waals surface area contributed by atoms with Crippen molar-refractivity contribution in [2.24, 2.45) is 4.99 Å². The molecule has 0 aliphatic carbocycles. The highest BCUT2D eigenvalue weighted by molar-refractivity contribution is 5.78. The largest absolute Gasteiger partial charge is 0.295 e. The third-order valence-corrected chi connectivity index (χ3v) is 0.955. The van der Waals surface area contributed by atoms with E-state index in [4.69, 9.17) is 0 Å². The molecule has 1 nitrogen and oxygen atoms in total. The van der Waals surface area contributed by atoms with Crippen molar-refractivity contribution in [2.45, 2.75) is 33.4 Å². The first-order valence-corrected chi connectivity index (χ1v) is 3.24. The van der Waals surface area contributed by atoms with Crippen LogP contribution in [-0.2, 0) is 0 Å². The van der Waals surface area contributed by atoms with Crippen LogP contribution in [0.2, 0.25) is 0 Å². The van der Waals surface area contributed by atoms with Gasteiger partial charge in [-0.1, -0.05) is 0 Å². The molecule has 0 aromatic heterocycles. The van der Waals surface area contributed by atoms with Gasteiger partial charge in [0.15, 0.2) is 0 Å². The Morgan fingerprint density at radius 2 is 2.11 bits per heavy atom. The summed E-state index contributed by atoms with van der Waals surface area (Å²) in [6.45, 7) is 6.02. The van der Waals surface area contributed by atoms with Crippen LogP contribution in [0.15, 0.2) is 4.99 Å². The van der Waals surface area contributed by atoms with Crippen LogP contribution >= 0.6 is 0 Å². The van der Waals surface area contributed by atoms with Crippen molar-refractivity contribution < 1.29 is 4.39 Å². The van der Waals surface area contributed by atoms with E-state index in [-0.39, 0.29) is 0 Å². The molecule has 2 heteroatoms. The van der Waals surface area contributed by atoms with Gasteiger partial charge < -0.3 is 0 Å². The molecule has 9 heavy (non-hydrogen) atoms. The fraction of sp³-hybridized carbons (Fsp3) is 0.857. The van der Waals surface area contributed by atoms with Gasteiger partial charge in [0.2, 0.25) is 0 Å². The van der Waals surface area contributed by atoms with E-state index in [1.807, 2.05) is 13.8 Å². The molecule has 0 fully saturated rings. The van der Waals surface area contributed by atoms with E-state index in [1.165, 1.54) is 0 Å². The van der Waals surface area contributed by atoms with Crippen molar-refractivity contribution in [2.75, 3.05) is 6.54 Å². The van der Waals surface area contributed by atoms with Gasteiger partial charge in [0.25, 0.3) is 0 Å². The maximum Gasteiger partial charge on any atom is 0.0991 e. The Hall–Kier alpha value is -0.400. The van der Waals surface area contributed by atoms with Gasteiger partial charge in [-0.05, 0) is 27.2 Å². The standard InChI is InChI=1S/C7H14FN/c1-6(2)9-5-4-7(3)8/h7H,4-5H2,1-3H3. The molecular weight excluding hydrogens is 117 g/mol. The van der Waals surface area contributed by atoms with E-state index in [9.17, 15) is 4.39 Å². The zero-order valence-electron chi connectivity index (χ0n) is 6.32. The minimum absolute atomic E-state index is 0.547. The summed E-state index contributed by atoms with van der Waals surface area (Å²) >= 11 is 0. The number of hydrogen-bond donors (Lipinski definition) is 0. The average molecular weight is 131 g/mol. The summed E-state index contributed by atoms with van der Waals surface area (Å²) in [6, 6.07) is 0. The zero-order valence-corrected chi connectivity index (χ0v) is 6.32. The van der Waals surface area contributed by atoms with Crippen LogP contribution in [0.1, 0.15) is 27.2 Å². The first-order valence-electron chi connectivity index (χ1n) is 3.24. The molecule has 0 N–H and O–H groups in total. The van der Waals surface area contributed by atoms with Crippen molar-refractivity contribution in [3.63, 3.8) is 0 Å². The lowest BCUT2D eigenvalue weighted by atomic mass is 10.3. The van der Waals surface area contributed by atoms with Gasteiger partial charge in [-0.15, -0.1) is 0 Å². The summed E-state index contributed by atoms with van der Waals surface area (Å²) in [5.41, 5.74) is 1.02. The fourth-order valence-corrected chi connectivity index (χ4v) is 0.466. The maximum absolute atomic E-state index is 12.1. The SMILES string of the molecule is CC(C)=NCCC(C)F. The lowest BCUT2D eigenvalue weighted by Crippen LogP contribution is -1.96. The van der Waals surface area contributed by atoms with Crippen LogP contribution in [0, 0.1) is 0 Å². The van der Waals surface area contributed by atoms with Crippen LogP contribution in [0.25, 0.3) is 0 Å². The van der Waals surface area contributed by atoms with E-state index in [0.29, 0.717) is 13.0 Å². The first kappa shape index (κ1) is 8.60. The topological polar surface area (TPSA) is 12.4 Å². The lowest BCUT2D eigenvalue weighted by Gasteiger charge is -1.96. The summed E-state index contributed by atoms with van der Waals surface area (Å²) in [5, 5.41) is 0. The van der Waals surface area contributed by atoms with E-state index in [2.05, 4.69) is 4.99 Å². The normalized spacial score (nSPS) is 12.9. The van der Waals surface area contributed by atoms with Crippen molar-refractivity contribution in [3.05, 3.63) is 0 Å². The fourth-order valence-electron chi connectivity index (χ4n) is 0.466. The summed E-state index contributed by atoms with van der Waals surface area (Å²) in [7, 11) is 0. The number of alkyl halides is 1. The van der Waals surface area contributed by atoms with Gasteiger partial charge in [0, 0.05) is 12.3 Å². The molecule has 54 valence electrons. The molecule has 1 unspecified atom stereocenters. The monoisotopic (exact) mass is 131 g/mol. The van der Waals surface area contributed by atoms with E-state index in [1.54, 1.807) is 6.92 Å². The highest BCUT2D eigenvalue weighted by Gasteiger charge is 1.93. The molecule has 0 aromatic carbocycles. The number of nitrogens with zero attached hydrogens (tertiary/aromatic N) is 1. The molecule has 0 amide bonds. The molecular formula is C7H14FN. The first-order chi connectivity index (χ1) is 4.13. The molecule has 0 heterocycles.